The third kappa shape index (κ3) is 2.66. The second-order valence-electron chi connectivity index (χ2n) is 6.26. The Morgan fingerprint density at radius 1 is 0.760 bits per heavy atom. The molecule has 1 heterocycles. The summed E-state index contributed by atoms with van der Waals surface area (Å²) >= 11 is 2.26. The maximum atomic E-state index is 13.4. The Hall–Kier alpha value is -1.86. The Labute approximate surface area is 160 Å². The van der Waals surface area contributed by atoms with Crippen LogP contribution < -0.4 is 0 Å². The first-order valence-corrected chi connectivity index (χ1v) is 10.4. The normalized spacial score (nSPS) is 12.1. The van der Waals surface area contributed by atoms with E-state index in [1.807, 2.05) is 56.3 Å². The Morgan fingerprint density at radius 2 is 1.32 bits per heavy atom. The summed E-state index contributed by atoms with van der Waals surface area (Å²) in [6, 6.07) is 18.8. The highest BCUT2D eigenvalue weighted by Crippen LogP contribution is 2.34. The molecule has 0 saturated carbocycles. The summed E-state index contributed by atoms with van der Waals surface area (Å²) in [7, 11) is -3.68. The first-order chi connectivity index (χ1) is 11.9. The van der Waals surface area contributed by atoms with Gasteiger partial charge in [-0.2, -0.15) is 0 Å². The lowest BCUT2D eigenvalue weighted by molar-refractivity contribution is 0.590. The predicted molar refractivity (Wildman–Crippen MR) is 111 cm³/mol. The molecule has 0 spiro atoms. The molecule has 0 amide bonds. The van der Waals surface area contributed by atoms with E-state index in [9.17, 15) is 8.42 Å². The van der Waals surface area contributed by atoms with E-state index < -0.39 is 10.0 Å². The molecule has 0 saturated heterocycles. The molecule has 126 valence electrons. The molecule has 0 bridgehead atoms. The van der Waals surface area contributed by atoms with Crippen LogP contribution in [0, 0.1) is 17.4 Å². The van der Waals surface area contributed by atoms with Gasteiger partial charge in [-0.3, -0.25) is 0 Å². The molecule has 0 unspecified atom stereocenters. The van der Waals surface area contributed by atoms with E-state index in [2.05, 4.69) is 28.7 Å². The zero-order valence-electron chi connectivity index (χ0n) is 13.8. The lowest BCUT2D eigenvalue weighted by Crippen LogP contribution is -2.12. The topological polar surface area (TPSA) is 39.1 Å². The summed E-state index contributed by atoms with van der Waals surface area (Å²) in [5.41, 5.74) is 3.56. The Kier molecular flexibility index (Phi) is 3.88. The highest BCUT2D eigenvalue weighted by molar-refractivity contribution is 14.1. The summed E-state index contributed by atoms with van der Waals surface area (Å²) < 4.78 is 29.3. The number of aryl methyl sites for hydroxylation is 2. The fraction of sp³-hybridized carbons (Fsp3) is 0.100. The van der Waals surface area contributed by atoms with Gasteiger partial charge in [0.1, 0.15) is 0 Å². The maximum Gasteiger partial charge on any atom is 0.268 e. The first-order valence-electron chi connectivity index (χ1n) is 7.90. The van der Waals surface area contributed by atoms with Crippen molar-refractivity contribution in [2.75, 3.05) is 0 Å². The molecule has 3 nitrogen and oxygen atoms in total. The number of hydrogen-bond donors (Lipinski definition) is 0. The SMILES string of the molecule is Cc1ccc(S(=O)(=O)n2c3ccc(C)cc3c3cc(I)ccc32)cc1. The average Bonchev–Trinajstić information content (AvgIpc) is 2.89. The largest absolute Gasteiger partial charge is 0.268 e. The first kappa shape index (κ1) is 16.6. The number of halogens is 1. The van der Waals surface area contributed by atoms with Gasteiger partial charge in [0.25, 0.3) is 10.0 Å². The lowest BCUT2D eigenvalue weighted by Gasteiger charge is -2.10. The summed E-state index contributed by atoms with van der Waals surface area (Å²) in [6.45, 7) is 3.96. The number of nitrogens with zero attached hydrogens (tertiary/aromatic N) is 1. The van der Waals surface area contributed by atoms with E-state index in [-0.39, 0.29) is 0 Å². The molecule has 5 heteroatoms. The fourth-order valence-electron chi connectivity index (χ4n) is 3.15. The summed E-state index contributed by atoms with van der Waals surface area (Å²) in [6.07, 6.45) is 0. The van der Waals surface area contributed by atoms with Crippen molar-refractivity contribution in [1.82, 2.24) is 3.97 Å². The minimum absolute atomic E-state index is 0.302. The maximum absolute atomic E-state index is 13.4. The van der Waals surface area contributed by atoms with Crippen molar-refractivity contribution in [3.05, 3.63) is 75.4 Å². The standard InChI is InChI=1S/C20H16INO2S/c1-13-3-7-16(8-4-13)25(23,24)22-19-9-5-14(2)11-17(19)18-12-15(21)6-10-20(18)22/h3-12H,1-2H3. The summed E-state index contributed by atoms with van der Waals surface area (Å²) in [5.74, 6) is 0. The highest BCUT2D eigenvalue weighted by atomic mass is 127. The molecular weight excluding hydrogens is 445 g/mol. The number of fused-ring (bicyclic) bond motifs is 3. The fourth-order valence-corrected chi connectivity index (χ4v) is 5.17. The van der Waals surface area contributed by atoms with Gasteiger partial charge in [-0.1, -0.05) is 29.3 Å². The van der Waals surface area contributed by atoms with Gasteiger partial charge in [0, 0.05) is 14.3 Å². The highest BCUT2D eigenvalue weighted by Gasteiger charge is 2.23. The van der Waals surface area contributed by atoms with Crippen LogP contribution in [0.2, 0.25) is 0 Å². The van der Waals surface area contributed by atoms with Gasteiger partial charge in [-0.15, -0.1) is 0 Å². The van der Waals surface area contributed by atoms with E-state index in [1.54, 1.807) is 12.1 Å². The molecule has 0 aliphatic rings. The van der Waals surface area contributed by atoms with E-state index in [0.717, 1.165) is 25.5 Å². The van der Waals surface area contributed by atoms with E-state index >= 15 is 0 Å². The molecule has 0 radical (unpaired) electrons. The third-order valence-electron chi connectivity index (χ3n) is 4.40. The minimum Gasteiger partial charge on any atom is -0.233 e. The average molecular weight is 461 g/mol. The van der Waals surface area contributed by atoms with Crippen molar-refractivity contribution in [2.24, 2.45) is 0 Å². The van der Waals surface area contributed by atoms with Crippen LogP contribution in [0.25, 0.3) is 21.8 Å². The molecule has 25 heavy (non-hydrogen) atoms. The van der Waals surface area contributed by atoms with Crippen LogP contribution in [0.1, 0.15) is 11.1 Å². The van der Waals surface area contributed by atoms with Crippen molar-refractivity contribution in [1.29, 1.82) is 0 Å². The molecule has 1 aromatic heterocycles. The van der Waals surface area contributed by atoms with Gasteiger partial charge in [0.2, 0.25) is 0 Å². The summed E-state index contributed by atoms with van der Waals surface area (Å²) in [5, 5.41) is 1.92. The van der Waals surface area contributed by atoms with Gasteiger partial charge in [0.15, 0.2) is 0 Å². The van der Waals surface area contributed by atoms with Crippen LogP contribution in [0.15, 0.2) is 65.6 Å². The molecule has 0 aliphatic carbocycles. The Balaban J connectivity index is 2.14. The molecule has 0 N–H and O–H groups in total. The van der Waals surface area contributed by atoms with Gasteiger partial charge >= 0.3 is 0 Å². The number of benzene rings is 3. The minimum atomic E-state index is -3.68. The van der Waals surface area contributed by atoms with Gasteiger partial charge < -0.3 is 0 Å². The van der Waals surface area contributed by atoms with E-state index in [1.165, 1.54) is 3.97 Å². The quantitative estimate of drug-likeness (QED) is 0.383. The Bertz CT molecular complexity index is 1160. The van der Waals surface area contributed by atoms with Gasteiger partial charge in [-0.05, 0) is 78.9 Å². The number of hydrogen-bond acceptors (Lipinski definition) is 2. The van der Waals surface area contributed by atoms with Crippen LogP contribution >= 0.6 is 22.6 Å². The van der Waals surface area contributed by atoms with Crippen molar-refractivity contribution in [3.63, 3.8) is 0 Å². The van der Waals surface area contributed by atoms with Crippen molar-refractivity contribution >= 4 is 54.4 Å². The second-order valence-corrected chi connectivity index (χ2v) is 9.30. The van der Waals surface area contributed by atoms with E-state index in [4.69, 9.17) is 0 Å². The van der Waals surface area contributed by atoms with Crippen LogP contribution in [-0.4, -0.2) is 12.4 Å². The third-order valence-corrected chi connectivity index (χ3v) is 6.81. The van der Waals surface area contributed by atoms with Crippen molar-refractivity contribution in [2.45, 2.75) is 18.7 Å². The zero-order valence-corrected chi connectivity index (χ0v) is 16.8. The second kappa shape index (κ2) is 5.85. The number of aromatic nitrogens is 1. The molecule has 0 aliphatic heterocycles. The smallest absolute Gasteiger partial charge is 0.233 e. The summed E-state index contributed by atoms with van der Waals surface area (Å²) in [4.78, 5) is 0.302. The molecule has 4 rings (SSSR count). The van der Waals surface area contributed by atoms with E-state index in [0.29, 0.717) is 15.9 Å². The Morgan fingerprint density at radius 3 is 2.00 bits per heavy atom. The molecular formula is C20H16INO2S. The van der Waals surface area contributed by atoms with Gasteiger partial charge in [-0.25, -0.2) is 12.4 Å². The van der Waals surface area contributed by atoms with Crippen molar-refractivity contribution < 1.29 is 8.42 Å². The van der Waals surface area contributed by atoms with Crippen LogP contribution in [-0.2, 0) is 10.0 Å². The van der Waals surface area contributed by atoms with Gasteiger partial charge in [0.05, 0.1) is 15.9 Å². The molecule has 3 aromatic carbocycles. The molecule has 0 fully saturated rings. The van der Waals surface area contributed by atoms with Crippen molar-refractivity contribution in [3.8, 4) is 0 Å². The molecule has 4 aromatic rings. The zero-order chi connectivity index (χ0) is 17.8. The number of rotatable bonds is 2. The van der Waals surface area contributed by atoms with Crippen LogP contribution in [0.4, 0.5) is 0 Å². The predicted octanol–water partition coefficient (Wildman–Crippen LogP) is 5.25. The van der Waals surface area contributed by atoms with Crippen LogP contribution in [0.5, 0.6) is 0 Å². The monoisotopic (exact) mass is 461 g/mol. The lowest BCUT2D eigenvalue weighted by atomic mass is 10.1. The molecule has 0 atom stereocenters. The van der Waals surface area contributed by atoms with Crippen LogP contribution in [0.3, 0.4) is 0 Å².